The van der Waals surface area contributed by atoms with E-state index >= 15 is 0 Å². The Hall–Kier alpha value is -2.67. The van der Waals surface area contributed by atoms with Crippen LogP contribution in [0.15, 0.2) is 39.2 Å². The highest BCUT2D eigenvalue weighted by atomic mass is 32.1. The number of rotatable bonds is 5. The third kappa shape index (κ3) is 3.22. The maximum absolute atomic E-state index is 13.1. The van der Waals surface area contributed by atoms with Crippen molar-refractivity contribution in [1.29, 1.82) is 0 Å². The molecule has 1 aromatic carbocycles. The van der Waals surface area contributed by atoms with Gasteiger partial charge in [-0.2, -0.15) is 0 Å². The summed E-state index contributed by atoms with van der Waals surface area (Å²) in [7, 11) is 0. The van der Waals surface area contributed by atoms with Crippen molar-refractivity contribution in [3.63, 3.8) is 0 Å². The number of thiophene rings is 1. The molecule has 0 fully saturated rings. The van der Waals surface area contributed by atoms with Crippen molar-refractivity contribution < 1.29 is 4.79 Å². The number of nitrogens with zero attached hydrogens (tertiary/aromatic N) is 2. The summed E-state index contributed by atoms with van der Waals surface area (Å²) in [6.45, 7) is 6.31. The van der Waals surface area contributed by atoms with Crippen LogP contribution in [0.2, 0.25) is 0 Å². The van der Waals surface area contributed by atoms with Gasteiger partial charge in [0.1, 0.15) is 11.2 Å². The van der Waals surface area contributed by atoms with Crippen molar-refractivity contribution in [1.82, 2.24) is 14.5 Å². The molecule has 0 unspecified atom stereocenters. The first kappa shape index (κ1) is 18.1. The van der Waals surface area contributed by atoms with Crippen LogP contribution >= 0.6 is 11.3 Å². The Bertz CT molecular complexity index is 1090. The fourth-order valence-electron chi connectivity index (χ4n) is 2.80. The monoisotopic (exact) mass is 371 g/mol. The highest BCUT2D eigenvalue weighted by Crippen LogP contribution is 2.17. The number of nitrogens with one attached hydrogen (secondary N) is 1. The number of aryl methyl sites for hydroxylation is 2. The van der Waals surface area contributed by atoms with Gasteiger partial charge in [0, 0.05) is 6.54 Å². The number of carbonyl (C=O) groups is 1. The van der Waals surface area contributed by atoms with Crippen LogP contribution in [0.1, 0.15) is 24.5 Å². The van der Waals surface area contributed by atoms with Gasteiger partial charge in [0.25, 0.3) is 5.56 Å². The van der Waals surface area contributed by atoms with Crippen molar-refractivity contribution in [3.8, 4) is 5.69 Å². The van der Waals surface area contributed by atoms with Crippen LogP contribution in [-0.4, -0.2) is 21.6 Å². The van der Waals surface area contributed by atoms with E-state index < -0.39 is 5.69 Å². The maximum atomic E-state index is 13.1. The molecule has 136 valence electrons. The summed E-state index contributed by atoms with van der Waals surface area (Å²) in [6, 6.07) is 7.17. The van der Waals surface area contributed by atoms with Crippen LogP contribution in [0, 0.1) is 13.8 Å². The van der Waals surface area contributed by atoms with Crippen molar-refractivity contribution in [3.05, 3.63) is 61.6 Å². The standard InChI is InChI=1S/C19H21N3O3S/c1-4-8-20-16(23)11-21-15-7-9-26-17(15)18(24)22(19(21)25)14-6-5-12(2)13(3)10-14/h5-7,9-10H,4,8,11H2,1-3H3,(H,20,23). The van der Waals surface area contributed by atoms with Gasteiger partial charge in [-0.25, -0.2) is 9.36 Å². The smallest absolute Gasteiger partial charge is 0.336 e. The summed E-state index contributed by atoms with van der Waals surface area (Å²) in [5.74, 6) is -0.244. The fourth-order valence-corrected chi connectivity index (χ4v) is 3.62. The quantitative estimate of drug-likeness (QED) is 0.748. The van der Waals surface area contributed by atoms with Crippen LogP contribution in [0.25, 0.3) is 15.9 Å². The molecular formula is C19H21N3O3S. The second-order valence-corrected chi connectivity index (χ2v) is 7.18. The summed E-state index contributed by atoms with van der Waals surface area (Å²) >= 11 is 1.27. The Kier molecular flexibility index (Phi) is 5.08. The number of benzene rings is 1. The summed E-state index contributed by atoms with van der Waals surface area (Å²) in [4.78, 5) is 38.1. The molecular weight excluding hydrogens is 350 g/mol. The third-order valence-corrected chi connectivity index (χ3v) is 5.27. The molecule has 0 saturated carbocycles. The topological polar surface area (TPSA) is 73.1 Å². The first-order valence-electron chi connectivity index (χ1n) is 8.51. The van der Waals surface area contributed by atoms with Gasteiger partial charge in [-0.15, -0.1) is 11.3 Å². The minimum atomic E-state index is -0.504. The summed E-state index contributed by atoms with van der Waals surface area (Å²) in [5, 5.41) is 4.53. The molecule has 2 heterocycles. The highest BCUT2D eigenvalue weighted by Gasteiger charge is 2.17. The zero-order valence-corrected chi connectivity index (χ0v) is 15.9. The van der Waals surface area contributed by atoms with Crippen molar-refractivity contribution in [2.75, 3.05) is 6.54 Å². The first-order chi connectivity index (χ1) is 12.4. The van der Waals surface area contributed by atoms with E-state index in [-0.39, 0.29) is 18.0 Å². The normalized spacial score (nSPS) is 11.0. The van der Waals surface area contributed by atoms with E-state index in [4.69, 9.17) is 0 Å². The van der Waals surface area contributed by atoms with Gasteiger partial charge in [0.15, 0.2) is 0 Å². The highest BCUT2D eigenvalue weighted by molar-refractivity contribution is 7.17. The van der Waals surface area contributed by atoms with Crippen molar-refractivity contribution >= 4 is 27.5 Å². The predicted octanol–water partition coefficient (Wildman–Crippen LogP) is 2.36. The Morgan fingerprint density at radius 1 is 1.15 bits per heavy atom. The zero-order chi connectivity index (χ0) is 18.8. The third-order valence-electron chi connectivity index (χ3n) is 4.38. The maximum Gasteiger partial charge on any atom is 0.336 e. The molecule has 7 heteroatoms. The van der Waals surface area contributed by atoms with Crippen LogP contribution < -0.4 is 16.6 Å². The largest absolute Gasteiger partial charge is 0.355 e. The second kappa shape index (κ2) is 7.29. The lowest BCUT2D eigenvalue weighted by Crippen LogP contribution is -2.41. The molecule has 0 aliphatic carbocycles. The molecule has 6 nitrogen and oxygen atoms in total. The molecule has 0 radical (unpaired) electrons. The summed E-state index contributed by atoms with van der Waals surface area (Å²) in [5.41, 5.74) is 2.23. The molecule has 0 spiro atoms. The Morgan fingerprint density at radius 2 is 1.92 bits per heavy atom. The SMILES string of the molecule is CCCNC(=O)Cn1c(=O)n(-c2ccc(C)c(C)c2)c(=O)c2sccc21. The number of hydrogen-bond donors (Lipinski definition) is 1. The predicted molar refractivity (Wildman–Crippen MR) is 104 cm³/mol. The molecule has 0 saturated heterocycles. The minimum Gasteiger partial charge on any atom is -0.355 e. The van der Waals surface area contributed by atoms with Gasteiger partial charge in [-0.05, 0) is 55.0 Å². The molecule has 0 atom stereocenters. The van der Waals surface area contributed by atoms with Crippen molar-refractivity contribution in [2.45, 2.75) is 33.7 Å². The van der Waals surface area contributed by atoms with Gasteiger partial charge in [0.2, 0.25) is 5.91 Å². The lowest BCUT2D eigenvalue weighted by Gasteiger charge is -2.13. The molecule has 0 aliphatic heterocycles. The number of aromatic nitrogens is 2. The number of amides is 1. The van der Waals surface area contributed by atoms with Gasteiger partial charge in [0.05, 0.1) is 11.2 Å². The van der Waals surface area contributed by atoms with E-state index in [9.17, 15) is 14.4 Å². The van der Waals surface area contributed by atoms with Gasteiger partial charge in [-0.3, -0.25) is 14.2 Å². The van der Waals surface area contributed by atoms with Crippen LogP contribution in [0.3, 0.4) is 0 Å². The molecule has 2 aromatic heterocycles. The summed E-state index contributed by atoms with van der Waals surface area (Å²) in [6.07, 6.45) is 0.816. The Labute approximate surface area is 154 Å². The van der Waals surface area contributed by atoms with Gasteiger partial charge >= 0.3 is 5.69 Å². The summed E-state index contributed by atoms with van der Waals surface area (Å²) < 4.78 is 2.98. The van der Waals surface area contributed by atoms with Crippen LogP contribution in [0.4, 0.5) is 0 Å². The van der Waals surface area contributed by atoms with Crippen LogP contribution in [-0.2, 0) is 11.3 Å². The minimum absolute atomic E-state index is 0.114. The Morgan fingerprint density at radius 3 is 2.62 bits per heavy atom. The average molecular weight is 371 g/mol. The fraction of sp³-hybridized carbons (Fsp3) is 0.316. The lowest BCUT2D eigenvalue weighted by molar-refractivity contribution is -0.121. The van der Waals surface area contributed by atoms with E-state index in [1.54, 1.807) is 17.5 Å². The molecule has 3 aromatic rings. The number of carbonyl (C=O) groups excluding carboxylic acids is 1. The van der Waals surface area contributed by atoms with E-state index in [0.29, 0.717) is 22.4 Å². The lowest BCUT2D eigenvalue weighted by atomic mass is 10.1. The molecule has 0 aliphatic rings. The average Bonchev–Trinajstić information content (AvgIpc) is 3.10. The van der Waals surface area contributed by atoms with E-state index in [1.165, 1.54) is 15.9 Å². The van der Waals surface area contributed by atoms with E-state index in [1.807, 2.05) is 32.9 Å². The Balaban J connectivity index is 2.21. The first-order valence-corrected chi connectivity index (χ1v) is 9.39. The zero-order valence-electron chi connectivity index (χ0n) is 15.0. The van der Waals surface area contributed by atoms with Gasteiger partial charge in [-0.1, -0.05) is 13.0 Å². The number of hydrogen-bond acceptors (Lipinski definition) is 4. The molecule has 1 N–H and O–H groups in total. The second-order valence-electron chi connectivity index (χ2n) is 6.26. The molecule has 0 bridgehead atoms. The van der Waals surface area contributed by atoms with Crippen molar-refractivity contribution in [2.24, 2.45) is 0 Å². The molecule has 26 heavy (non-hydrogen) atoms. The van der Waals surface area contributed by atoms with E-state index in [0.717, 1.165) is 22.1 Å². The van der Waals surface area contributed by atoms with Gasteiger partial charge < -0.3 is 5.32 Å². The van der Waals surface area contributed by atoms with Crippen LogP contribution in [0.5, 0.6) is 0 Å². The molecule has 3 rings (SSSR count). The van der Waals surface area contributed by atoms with E-state index in [2.05, 4.69) is 5.32 Å². The number of fused-ring (bicyclic) bond motifs is 1. The molecule has 1 amide bonds.